The van der Waals surface area contributed by atoms with Gasteiger partial charge in [-0.1, -0.05) is 23.7 Å². The van der Waals surface area contributed by atoms with Crippen molar-refractivity contribution in [2.75, 3.05) is 32.8 Å². The Morgan fingerprint density at radius 3 is 2.41 bits per heavy atom. The zero-order valence-electron chi connectivity index (χ0n) is 26.7. The monoisotopic (exact) mass is 651 g/mol. The quantitative estimate of drug-likeness (QED) is 0.411. The fourth-order valence-corrected chi connectivity index (χ4v) is 7.48. The molecule has 12 heteroatoms. The van der Waals surface area contributed by atoms with Gasteiger partial charge in [0.1, 0.15) is 17.1 Å². The molecule has 2 aromatic heterocycles. The van der Waals surface area contributed by atoms with Crippen molar-refractivity contribution in [1.82, 2.24) is 23.9 Å². The van der Waals surface area contributed by atoms with Crippen LogP contribution < -0.4 is 5.56 Å². The molecule has 4 fully saturated rings. The first kappa shape index (κ1) is 31.2. The molecule has 0 radical (unpaired) electrons. The fourth-order valence-electron chi connectivity index (χ4n) is 7.19. The van der Waals surface area contributed by atoms with E-state index < -0.39 is 11.2 Å². The van der Waals surface area contributed by atoms with Gasteiger partial charge in [0.25, 0.3) is 5.56 Å². The second-order valence-corrected chi connectivity index (χ2v) is 14.9. The van der Waals surface area contributed by atoms with Crippen molar-refractivity contribution in [3.05, 3.63) is 57.7 Å². The molecular formula is C34H42ClN5O6. The summed E-state index contributed by atoms with van der Waals surface area (Å²) >= 11 is 6.67. The van der Waals surface area contributed by atoms with Crippen molar-refractivity contribution in [3.8, 4) is 5.69 Å². The van der Waals surface area contributed by atoms with Crippen LogP contribution in [0.1, 0.15) is 70.9 Å². The molecule has 3 aromatic rings. The average molecular weight is 652 g/mol. The Bertz CT molecular complexity index is 1710. The lowest BCUT2D eigenvalue weighted by Gasteiger charge is -2.39. The van der Waals surface area contributed by atoms with Gasteiger partial charge in [0.2, 0.25) is 5.91 Å². The van der Waals surface area contributed by atoms with E-state index in [1.165, 1.54) is 10.9 Å². The Labute approximate surface area is 273 Å². The summed E-state index contributed by atoms with van der Waals surface area (Å²) in [6, 6.07) is 8.89. The minimum absolute atomic E-state index is 0.0969. The third kappa shape index (κ3) is 5.82. The van der Waals surface area contributed by atoms with Crippen molar-refractivity contribution in [2.45, 2.75) is 83.1 Å². The maximum absolute atomic E-state index is 13.6. The number of carbonyl (C=O) groups is 2. The van der Waals surface area contributed by atoms with E-state index >= 15 is 0 Å². The molecule has 246 valence electrons. The van der Waals surface area contributed by atoms with Gasteiger partial charge in [-0.3, -0.25) is 23.6 Å². The molecule has 4 heterocycles. The highest BCUT2D eigenvalue weighted by Gasteiger charge is 2.60. The molecule has 0 bridgehead atoms. The van der Waals surface area contributed by atoms with Crippen molar-refractivity contribution < 1.29 is 24.2 Å². The van der Waals surface area contributed by atoms with Crippen LogP contribution in [0.3, 0.4) is 0 Å². The molecule has 46 heavy (non-hydrogen) atoms. The summed E-state index contributed by atoms with van der Waals surface area (Å²) in [5, 5.41) is 12.1. The Balaban J connectivity index is 1.07. The maximum Gasteiger partial charge on any atom is 0.410 e. The largest absolute Gasteiger partial charge is 0.444 e. The lowest BCUT2D eigenvalue weighted by molar-refractivity contribution is -0.142. The number of likely N-dealkylation sites (tertiary alicyclic amines) is 1. The zero-order chi connectivity index (χ0) is 32.4. The summed E-state index contributed by atoms with van der Waals surface area (Å²) in [5.41, 5.74) is -0.109. The van der Waals surface area contributed by atoms with Gasteiger partial charge in [-0.2, -0.15) is 0 Å². The number of aliphatic hydroxyl groups is 1. The molecule has 2 aliphatic heterocycles. The van der Waals surface area contributed by atoms with Crippen LogP contribution in [0.4, 0.5) is 4.79 Å². The normalized spacial score (nSPS) is 22.6. The number of hydrogen-bond acceptors (Lipinski definition) is 7. The van der Waals surface area contributed by atoms with Gasteiger partial charge < -0.3 is 19.5 Å². The predicted molar refractivity (Wildman–Crippen MR) is 172 cm³/mol. The van der Waals surface area contributed by atoms with Gasteiger partial charge in [-0.25, -0.2) is 9.78 Å². The third-order valence-electron chi connectivity index (χ3n) is 10.1. The third-order valence-corrected chi connectivity index (χ3v) is 10.3. The summed E-state index contributed by atoms with van der Waals surface area (Å²) in [4.78, 5) is 47.9. The van der Waals surface area contributed by atoms with Gasteiger partial charge in [0.05, 0.1) is 42.2 Å². The highest BCUT2D eigenvalue weighted by Crippen LogP contribution is 2.62. The van der Waals surface area contributed by atoms with E-state index in [2.05, 4.69) is 4.98 Å². The number of fused-ring (bicyclic) bond motifs is 1. The van der Waals surface area contributed by atoms with Gasteiger partial charge in [-0.05, 0) is 89.0 Å². The van der Waals surface area contributed by atoms with E-state index in [1.807, 2.05) is 49.9 Å². The molecule has 2 saturated carbocycles. The summed E-state index contributed by atoms with van der Waals surface area (Å²) in [6.45, 7) is 7.85. The number of aromatic nitrogens is 3. The van der Waals surface area contributed by atoms with Crippen LogP contribution in [-0.2, 0) is 20.8 Å². The van der Waals surface area contributed by atoms with Crippen molar-refractivity contribution in [1.29, 1.82) is 0 Å². The van der Waals surface area contributed by atoms with E-state index in [9.17, 15) is 19.5 Å². The highest BCUT2D eigenvalue weighted by atomic mass is 35.5. The van der Waals surface area contributed by atoms with Crippen LogP contribution in [0.2, 0.25) is 5.15 Å². The molecule has 4 aliphatic rings. The molecule has 1 aromatic carbocycles. The summed E-state index contributed by atoms with van der Waals surface area (Å²) in [7, 11) is 0. The molecule has 1 N–H and O–H groups in total. The second-order valence-electron chi connectivity index (χ2n) is 14.5. The maximum atomic E-state index is 13.6. The summed E-state index contributed by atoms with van der Waals surface area (Å²) in [5.74, 6) is 0.809. The molecule has 0 unspecified atom stereocenters. The minimum Gasteiger partial charge on any atom is -0.444 e. The SMILES string of the molecule is CC(C)(C)OC(=O)N1CCOC[C@H]1c1ccc(-n2c(Cl)cc3c(=O)n(CC4(O)CCN(C(=O)C5(C6CC6)CC5)CC4)cnc32)cc1. The molecule has 7 rings (SSSR count). The van der Waals surface area contributed by atoms with Gasteiger partial charge in [0, 0.05) is 25.3 Å². The number of ether oxygens (including phenoxy) is 2. The molecule has 11 nitrogen and oxygen atoms in total. The lowest BCUT2D eigenvalue weighted by atomic mass is 9.89. The van der Waals surface area contributed by atoms with E-state index in [0.29, 0.717) is 73.5 Å². The first-order chi connectivity index (χ1) is 21.9. The first-order valence-electron chi connectivity index (χ1n) is 16.3. The van der Waals surface area contributed by atoms with Crippen LogP contribution in [0.15, 0.2) is 41.5 Å². The number of morpholine rings is 1. The summed E-state index contributed by atoms with van der Waals surface area (Å²) in [6.07, 6.45) is 6.21. The van der Waals surface area contributed by atoms with Crippen molar-refractivity contribution in [3.63, 3.8) is 0 Å². The predicted octanol–water partition coefficient (Wildman–Crippen LogP) is 4.69. The van der Waals surface area contributed by atoms with Crippen LogP contribution in [0, 0.1) is 11.3 Å². The highest BCUT2D eigenvalue weighted by molar-refractivity contribution is 6.31. The lowest BCUT2D eigenvalue weighted by Crippen LogP contribution is -2.51. The summed E-state index contributed by atoms with van der Waals surface area (Å²) < 4.78 is 14.5. The van der Waals surface area contributed by atoms with Crippen LogP contribution in [-0.4, -0.2) is 85.1 Å². The smallest absolute Gasteiger partial charge is 0.410 e. The Morgan fingerprint density at radius 1 is 1.09 bits per heavy atom. The average Bonchev–Trinajstić information content (AvgIpc) is 3.95. The topological polar surface area (TPSA) is 119 Å². The first-order valence-corrected chi connectivity index (χ1v) is 16.7. The van der Waals surface area contributed by atoms with Crippen LogP contribution in [0.25, 0.3) is 16.7 Å². The number of carbonyl (C=O) groups excluding carboxylic acids is 2. The molecule has 2 aliphatic carbocycles. The number of nitrogens with zero attached hydrogens (tertiary/aromatic N) is 5. The van der Waals surface area contributed by atoms with Gasteiger partial charge >= 0.3 is 6.09 Å². The van der Waals surface area contributed by atoms with Crippen molar-refractivity contribution >= 4 is 34.6 Å². The Morgan fingerprint density at radius 2 is 1.78 bits per heavy atom. The number of hydrogen-bond donors (Lipinski definition) is 1. The fraction of sp³-hybridized carbons (Fsp3) is 0.588. The number of halogens is 1. The second kappa shape index (κ2) is 11.4. The Hall–Kier alpha value is -3.41. The molecule has 1 atom stereocenters. The van der Waals surface area contributed by atoms with Crippen molar-refractivity contribution in [2.24, 2.45) is 11.3 Å². The van der Waals surface area contributed by atoms with E-state index in [-0.39, 0.29) is 35.6 Å². The Kier molecular flexibility index (Phi) is 7.72. The standard InChI is InChI=1S/C34H42ClN5O6/c1-32(2,3)46-31(43)39-16-17-45-19-26(39)22-4-8-24(9-5-22)40-27(35)18-25-28(40)36-21-38(29(25)41)20-33(44)12-14-37(15-13-33)30(42)34(10-11-34)23-6-7-23/h4-5,8-9,18,21,23,26,44H,6-7,10-17,19-20H2,1-3H3/t26-/m0/s1. The van der Waals surface area contributed by atoms with E-state index in [0.717, 1.165) is 31.2 Å². The van der Waals surface area contributed by atoms with Crippen LogP contribution >= 0.6 is 11.6 Å². The number of rotatable bonds is 6. The van der Waals surface area contributed by atoms with Gasteiger partial charge in [0.15, 0.2) is 5.65 Å². The zero-order valence-corrected chi connectivity index (χ0v) is 27.5. The molecule has 2 saturated heterocycles. The number of amides is 2. The minimum atomic E-state index is -1.11. The number of piperidine rings is 1. The van der Waals surface area contributed by atoms with Gasteiger partial charge in [-0.15, -0.1) is 0 Å². The molecule has 0 spiro atoms. The molecular weight excluding hydrogens is 610 g/mol. The van der Waals surface area contributed by atoms with E-state index in [4.69, 9.17) is 21.1 Å². The van der Waals surface area contributed by atoms with E-state index in [1.54, 1.807) is 15.5 Å². The number of benzene rings is 1. The molecule has 2 amide bonds. The van der Waals surface area contributed by atoms with Crippen LogP contribution in [0.5, 0.6) is 0 Å².